The maximum atomic E-state index is 11.1. The summed E-state index contributed by atoms with van der Waals surface area (Å²) in [6.45, 7) is 4.68. The number of hydrogen-bond acceptors (Lipinski definition) is 5. The SMILES string of the molecule is CCCn1nc(C)c([N+](=O)[O-])c1CC(N)COC. The minimum atomic E-state index is -0.386. The fraction of sp³-hybridized carbons (Fsp3) is 0.727. The van der Waals surface area contributed by atoms with E-state index in [9.17, 15) is 10.1 Å². The lowest BCUT2D eigenvalue weighted by Gasteiger charge is -2.11. The maximum absolute atomic E-state index is 11.1. The lowest BCUT2D eigenvalue weighted by atomic mass is 10.1. The van der Waals surface area contributed by atoms with Gasteiger partial charge >= 0.3 is 5.69 Å². The highest BCUT2D eigenvalue weighted by atomic mass is 16.6. The summed E-state index contributed by atoms with van der Waals surface area (Å²) in [5, 5.41) is 15.3. The summed E-state index contributed by atoms with van der Waals surface area (Å²) in [5.41, 5.74) is 6.97. The number of aryl methyl sites for hydroxylation is 2. The van der Waals surface area contributed by atoms with E-state index in [0.29, 0.717) is 31.0 Å². The maximum Gasteiger partial charge on any atom is 0.313 e. The second-order valence-electron chi connectivity index (χ2n) is 4.28. The summed E-state index contributed by atoms with van der Waals surface area (Å²) in [6, 6.07) is -0.264. The first-order chi connectivity index (χ1) is 8.51. The Morgan fingerprint density at radius 2 is 2.28 bits per heavy atom. The first kappa shape index (κ1) is 14.6. The van der Waals surface area contributed by atoms with Crippen molar-refractivity contribution in [2.24, 2.45) is 5.73 Å². The molecule has 0 aliphatic heterocycles. The van der Waals surface area contributed by atoms with E-state index in [4.69, 9.17) is 10.5 Å². The van der Waals surface area contributed by atoms with Gasteiger partial charge in [-0.2, -0.15) is 5.10 Å². The summed E-state index contributed by atoms with van der Waals surface area (Å²) in [5.74, 6) is 0. The molecule has 1 rings (SSSR count). The van der Waals surface area contributed by atoms with Crippen molar-refractivity contribution in [1.82, 2.24) is 9.78 Å². The third kappa shape index (κ3) is 3.27. The molecule has 7 heteroatoms. The Bertz CT molecular complexity index is 417. The number of ether oxygens (including phenoxy) is 1. The van der Waals surface area contributed by atoms with Crippen molar-refractivity contribution in [3.63, 3.8) is 0 Å². The zero-order valence-corrected chi connectivity index (χ0v) is 11.0. The van der Waals surface area contributed by atoms with Crippen molar-refractivity contribution in [1.29, 1.82) is 0 Å². The Hall–Kier alpha value is -1.47. The minimum absolute atomic E-state index is 0.0787. The Morgan fingerprint density at radius 1 is 1.61 bits per heavy atom. The van der Waals surface area contributed by atoms with E-state index in [0.717, 1.165) is 6.42 Å². The smallest absolute Gasteiger partial charge is 0.313 e. The highest BCUT2D eigenvalue weighted by Crippen LogP contribution is 2.24. The van der Waals surface area contributed by atoms with Crippen LogP contribution in [0.3, 0.4) is 0 Å². The highest BCUT2D eigenvalue weighted by Gasteiger charge is 2.26. The molecule has 0 amide bonds. The Kier molecular flexibility index (Phi) is 5.24. The molecule has 1 heterocycles. The van der Waals surface area contributed by atoms with E-state index < -0.39 is 0 Å². The van der Waals surface area contributed by atoms with E-state index >= 15 is 0 Å². The molecular weight excluding hydrogens is 236 g/mol. The van der Waals surface area contributed by atoms with Gasteiger partial charge in [0.05, 0.1) is 11.5 Å². The average Bonchev–Trinajstić information content (AvgIpc) is 2.56. The molecule has 0 bridgehead atoms. The molecule has 0 aromatic carbocycles. The quantitative estimate of drug-likeness (QED) is 0.580. The molecular formula is C11H20N4O3. The summed E-state index contributed by atoms with van der Waals surface area (Å²) in [6.07, 6.45) is 1.26. The standard InChI is InChI=1S/C11H20N4O3/c1-4-5-14-10(6-9(12)7-18-3)11(15(16)17)8(2)13-14/h9H,4-7,12H2,1-3H3. The van der Waals surface area contributed by atoms with Crippen LogP contribution in [0.25, 0.3) is 0 Å². The Balaban J connectivity index is 3.07. The number of nitrogens with two attached hydrogens (primary N) is 1. The lowest BCUT2D eigenvalue weighted by molar-refractivity contribution is -0.386. The van der Waals surface area contributed by atoms with Crippen molar-refractivity contribution in [3.05, 3.63) is 21.5 Å². The molecule has 2 N–H and O–H groups in total. The van der Waals surface area contributed by atoms with Gasteiger partial charge in [-0.3, -0.25) is 14.8 Å². The van der Waals surface area contributed by atoms with Crippen LogP contribution >= 0.6 is 0 Å². The Labute approximate surface area is 106 Å². The average molecular weight is 256 g/mol. The molecule has 102 valence electrons. The van der Waals surface area contributed by atoms with Gasteiger partial charge in [-0.1, -0.05) is 6.92 Å². The number of nitrogens with zero attached hydrogens (tertiary/aromatic N) is 3. The van der Waals surface area contributed by atoms with Gasteiger partial charge in [0.25, 0.3) is 0 Å². The molecule has 18 heavy (non-hydrogen) atoms. The second kappa shape index (κ2) is 6.46. The number of rotatable bonds is 7. The largest absolute Gasteiger partial charge is 0.383 e. The van der Waals surface area contributed by atoms with Crippen LogP contribution in [-0.4, -0.2) is 34.5 Å². The van der Waals surface area contributed by atoms with E-state index in [2.05, 4.69) is 5.10 Å². The minimum Gasteiger partial charge on any atom is -0.383 e. The molecule has 1 atom stereocenters. The first-order valence-electron chi connectivity index (χ1n) is 5.96. The lowest BCUT2D eigenvalue weighted by Crippen LogP contribution is -2.29. The molecule has 0 fully saturated rings. The van der Waals surface area contributed by atoms with Crippen LogP contribution in [0.5, 0.6) is 0 Å². The topological polar surface area (TPSA) is 96.2 Å². The highest BCUT2D eigenvalue weighted by molar-refractivity contribution is 5.41. The number of nitro groups is 1. The van der Waals surface area contributed by atoms with Gasteiger partial charge in [-0.15, -0.1) is 0 Å². The summed E-state index contributed by atoms with van der Waals surface area (Å²) in [7, 11) is 1.56. The zero-order chi connectivity index (χ0) is 13.7. The normalized spacial score (nSPS) is 12.7. The fourth-order valence-electron chi connectivity index (χ4n) is 1.98. The molecule has 1 aromatic heterocycles. The third-order valence-electron chi connectivity index (χ3n) is 2.65. The molecule has 0 saturated carbocycles. The Morgan fingerprint density at radius 3 is 2.78 bits per heavy atom. The van der Waals surface area contributed by atoms with E-state index in [-0.39, 0.29) is 16.7 Å². The summed E-state index contributed by atoms with van der Waals surface area (Å²) >= 11 is 0. The number of aromatic nitrogens is 2. The molecule has 1 unspecified atom stereocenters. The van der Waals surface area contributed by atoms with Crippen molar-refractivity contribution in [2.75, 3.05) is 13.7 Å². The molecule has 0 spiro atoms. The van der Waals surface area contributed by atoms with Crippen LogP contribution in [0.15, 0.2) is 0 Å². The predicted molar refractivity (Wildman–Crippen MR) is 67.5 cm³/mol. The number of methoxy groups -OCH3 is 1. The van der Waals surface area contributed by atoms with Crippen molar-refractivity contribution in [3.8, 4) is 0 Å². The molecule has 0 aliphatic carbocycles. The monoisotopic (exact) mass is 256 g/mol. The van der Waals surface area contributed by atoms with E-state index in [1.54, 1.807) is 18.7 Å². The van der Waals surface area contributed by atoms with Gasteiger partial charge in [0, 0.05) is 26.1 Å². The molecule has 1 aromatic rings. The predicted octanol–water partition coefficient (Wildman–Crippen LogP) is 1.03. The second-order valence-corrected chi connectivity index (χ2v) is 4.28. The fourth-order valence-corrected chi connectivity index (χ4v) is 1.98. The van der Waals surface area contributed by atoms with Crippen LogP contribution in [-0.2, 0) is 17.7 Å². The van der Waals surface area contributed by atoms with Gasteiger partial charge in [0.1, 0.15) is 11.4 Å². The van der Waals surface area contributed by atoms with Gasteiger partial charge in [0.15, 0.2) is 0 Å². The van der Waals surface area contributed by atoms with Crippen LogP contribution in [0.2, 0.25) is 0 Å². The van der Waals surface area contributed by atoms with Crippen molar-refractivity contribution >= 4 is 5.69 Å². The molecule has 0 aliphatic rings. The van der Waals surface area contributed by atoms with Gasteiger partial charge < -0.3 is 10.5 Å². The molecule has 0 saturated heterocycles. The van der Waals surface area contributed by atoms with E-state index in [1.807, 2.05) is 6.92 Å². The van der Waals surface area contributed by atoms with Crippen LogP contribution in [0.4, 0.5) is 5.69 Å². The van der Waals surface area contributed by atoms with Crippen LogP contribution in [0.1, 0.15) is 24.7 Å². The van der Waals surface area contributed by atoms with Crippen molar-refractivity contribution in [2.45, 2.75) is 39.3 Å². The summed E-state index contributed by atoms with van der Waals surface area (Å²) < 4.78 is 6.64. The van der Waals surface area contributed by atoms with Gasteiger partial charge in [0.2, 0.25) is 0 Å². The first-order valence-corrected chi connectivity index (χ1v) is 5.96. The molecule has 0 radical (unpaired) electrons. The number of hydrogen-bond donors (Lipinski definition) is 1. The van der Waals surface area contributed by atoms with E-state index in [1.165, 1.54) is 0 Å². The van der Waals surface area contributed by atoms with Gasteiger partial charge in [-0.25, -0.2) is 0 Å². The van der Waals surface area contributed by atoms with Crippen LogP contribution < -0.4 is 5.73 Å². The molecule has 7 nitrogen and oxygen atoms in total. The zero-order valence-electron chi connectivity index (χ0n) is 11.0. The summed E-state index contributed by atoms with van der Waals surface area (Å²) in [4.78, 5) is 10.7. The third-order valence-corrected chi connectivity index (χ3v) is 2.65. The van der Waals surface area contributed by atoms with Crippen molar-refractivity contribution < 1.29 is 9.66 Å². The van der Waals surface area contributed by atoms with Gasteiger partial charge in [-0.05, 0) is 13.3 Å². The van der Waals surface area contributed by atoms with Crippen LogP contribution in [0, 0.1) is 17.0 Å².